The molecule has 2 heterocycles. The average molecular weight is 399 g/mol. The molecule has 0 spiro atoms. The first kappa shape index (κ1) is 21.0. The van der Waals surface area contributed by atoms with Crippen molar-refractivity contribution in [1.29, 1.82) is 0 Å². The molecule has 6 nitrogen and oxygen atoms in total. The Bertz CT molecular complexity index is 487. The first-order valence-electron chi connectivity index (χ1n) is 11.5. The maximum absolute atomic E-state index is 10.3. The van der Waals surface area contributed by atoms with E-state index < -0.39 is 30.7 Å². The summed E-state index contributed by atoms with van der Waals surface area (Å²) in [6.45, 7) is 2.02. The van der Waals surface area contributed by atoms with Crippen molar-refractivity contribution in [3.05, 3.63) is 0 Å². The van der Waals surface area contributed by atoms with E-state index in [1.54, 1.807) is 0 Å². The van der Waals surface area contributed by atoms with E-state index in [1.165, 1.54) is 51.4 Å². The van der Waals surface area contributed by atoms with Crippen LogP contribution in [0.5, 0.6) is 0 Å². The van der Waals surface area contributed by atoms with Crippen molar-refractivity contribution < 1.29 is 29.5 Å². The van der Waals surface area contributed by atoms with Gasteiger partial charge in [-0.2, -0.15) is 0 Å². The summed E-state index contributed by atoms with van der Waals surface area (Å²) in [6.07, 6.45) is 8.34. The van der Waals surface area contributed by atoms with Crippen LogP contribution in [-0.2, 0) is 14.2 Å². The summed E-state index contributed by atoms with van der Waals surface area (Å²) >= 11 is 0. The summed E-state index contributed by atoms with van der Waals surface area (Å²) in [5.74, 6) is 3.10. The highest BCUT2D eigenvalue weighted by Crippen LogP contribution is 2.41. The van der Waals surface area contributed by atoms with Gasteiger partial charge < -0.3 is 29.5 Å². The molecule has 0 aromatic rings. The lowest BCUT2D eigenvalue weighted by molar-refractivity contribution is -0.262. The Morgan fingerprint density at radius 2 is 1.46 bits per heavy atom. The van der Waals surface area contributed by atoms with Crippen molar-refractivity contribution in [3.8, 4) is 0 Å². The molecule has 0 aromatic carbocycles. The molecule has 4 fully saturated rings. The highest BCUT2D eigenvalue weighted by atomic mass is 16.8. The van der Waals surface area contributed by atoms with Gasteiger partial charge in [-0.3, -0.25) is 0 Å². The van der Waals surface area contributed by atoms with E-state index in [4.69, 9.17) is 14.2 Å². The van der Waals surface area contributed by atoms with Crippen molar-refractivity contribution in [3.63, 3.8) is 0 Å². The van der Waals surface area contributed by atoms with Gasteiger partial charge >= 0.3 is 0 Å². The van der Waals surface area contributed by atoms with Gasteiger partial charge in [0.15, 0.2) is 12.6 Å². The molecule has 0 aromatic heterocycles. The second-order valence-corrected chi connectivity index (χ2v) is 9.82. The van der Waals surface area contributed by atoms with Crippen LogP contribution in [-0.4, -0.2) is 58.9 Å². The molecule has 0 bridgehead atoms. The van der Waals surface area contributed by atoms with Gasteiger partial charge in [-0.15, -0.1) is 0 Å². The fourth-order valence-corrected chi connectivity index (χ4v) is 5.84. The summed E-state index contributed by atoms with van der Waals surface area (Å²) < 4.78 is 17.2. The second-order valence-electron chi connectivity index (χ2n) is 9.82. The van der Waals surface area contributed by atoms with Crippen molar-refractivity contribution >= 4 is 0 Å². The minimum atomic E-state index is -1.16. The third-order valence-corrected chi connectivity index (χ3v) is 7.62. The molecular formula is C22H38O6. The SMILES string of the molecule is CC1CC(CCCCC2CCC(C3OC4C(O)OC(CO)C(O)C4O3)CC2)C1. The highest BCUT2D eigenvalue weighted by Gasteiger charge is 2.53. The van der Waals surface area contributed by atoms with Crippen LogP contribution < -0.4 is 0 Å². The monoisotopic (exact) mass is 398 g/mol. The Morgan fingerprint density at radius 3 is 2.11 bits per heavy atom. The summed E-state index contributed by atoms with van der Waals surface area (Å²) in [5.41, 5.74) is 0. The molecule has 6 unspecified atom stereocenters. The molecule has 2 saturated heterocycles. The third-order valence-electron chi connectivity index (χ3n) is 7.62. The van der Waals surface area contributed by atoms with E-state index in [2.05, 4.69) is 6.92 Å². The molecule has 0 radical (unpaired) electrons. The lowest BCUT2D eigenvalue weighted by atomic mass is 9.73. The maximum atomic E-state index is 10.3. The predicted octanol–water partition coefficient (Wildman–Crippen LogP) is 2.58. The van der Waals surface area contributed by atoms with Crippen LogP contribution in [0.3, 0.4) is 0 Å². The highest BCUT2D eigenvalue weighted by molar-refractivity contribution is 4.95. The zero-order chi connectivity index (χ0) is 19.7. The molecule has 2 aliphatic carbocycles. The van der Waals surface area contributed by atoms with Crippen molar-refractivity contribution in [2.45, 2.75) is 108 Å². The molecule has 6 heteroatoms. The maximum Gasteiger partial charge on any atom is 0.184 e. The van der Waals surface area contributed by atoms with Gasteiger partial charge in [-0.1, -0.05) is 32.6 Å². The second kappa shape index (κ2) is 9.27. The molecule has 28 heavy (non-hydrogen) atoms. The topological polar surface area (TPSA) is 88.4 Å². The zero-order valence-corrected chi connectivity index (χ0v) is 17.1. The molecule has 6 atom stereocenters. The van der Waals surface area contributed by atoms with Gasteiger partial charge in [0.2, 0.25) is 0 Å². The molecule has 4 aliphatic rings. The molecule has 2 aliphatic heterocycles. The summed E-state index contributed by atoms with van der Waals surface area (Å²) in [4.78, 5) is 0. The molecule has 162 valence electrons. The van der Waals surface area contributed by atoms with Crippen molar-refractivity contribution in [2.24, 2.45) is 23.7 Å². The molecule has 3 N–H and O–H groups in total. The summed E-state index contributed by atoms with van der Waals surface area (Å²) in [5, 5.41) is 29.7. The molecule has 2 saturated carbocycles. The number of aliphatic hydroxyl groups is 3. The van der Waals surface area contributed by atoms with Crippen molar-refractivity contribution in [2.75, 3.05) is 6.61 Å². The average Bonchev–Trinajstić information content (AvgIpc) is 3.13. The number of hydrogen-bond donors (Lipinski definition) is 3. The van der Waals surface area contributed by atoms with Gasteiger partial charge in [0.05, 0.1) is 6.61 Å². The van der Waals surface area contributed by atoms with Crippen LogP contribution in [0.2, 0.25) is 0 Å². The smallest absolute Gasteiger partial charge is 0.184 e. The van der Waals surface area contributed by atoms with E-state index in [0.717, 1.165) is 30.6 Å². The fraction of sp³-hybridized carbons (Fsp3) is 1.00. The zero-order valence-electron chi connectivity index (χ0n) is 17.1. The lowest BCUT2D eigenvalue weighted by Gasteiger charge is -2.36. The van der Waals surface area contributed by atoms with Crippen LogP contribution in [0.1, 0.15) is 71.1 Å². The Balaban J connectivity index is 1.16. The van der Waals surface area contributed by atoms with Crippen LogP contribution in [0.4, 0.5) is 0 Å². The minimum absolute atomic E-state index is 0.310. The van der Waals surface area contributed by atoms with E-state index in [1.807, 2.05) is 0 Å². The Labute approximate surface area is 168 Å². The fourth-order valence-electron chi connectivity index (χ4n) is 5.84. The predicted molar refractivity (Wildman–Crippen MR) is 103 cm³/mol. The van der Waals surface area contributed by atoms with E-state index >= 15 is 0 Å². The lowest BCUT2D eigenvalue weighted by Crippen LogP contribution is -2.57. The number of ether oxygens (including phenoxy) is 3. The van der Waals surface area contributed by atoms with E-state index in [-0.39, 0.29) is 12.9 Å². The van der Waals surface area contributed by atoms with Gasteiger partial charge in [0.25, 0.3) is 0 Å². The van der Waals surface area contributed by atoms with Crippen LogP contribution in [0, 0.1) is 23.7 Å². The Kier molecular flexibility index (Phi) is 6.96. The first-order valence-corrected chi connectivity index (χ1v) is 11.5. The van der Waals surface area contributed by atoms with Gasteiger partial charge in [0.1, 0.15) is 24.4 Å². The number of fused-ring (bicyclic) bond motifs is 1. The van der Waals surface area contributed by atoms with E-state index in [0.29, 0.717) is 5.92 Å². The Hall–Kier alpha value is -0.240. The molecule has 4 rings (SSSR count). The van der Waals surface area contributed by atoms with E-state index in [9.17, 15) is 15.3 Å². The van der Waals surface area contributed by atoms with Crippen molar-refractivity contribution in [1.82, 2.24) is 0 Å². The number of rotatable bonds is 7. The summed E-state index contributed by atoms with van der Waals surface area (Å²) in [6, 6.07) is 0. The van der Waals surface area contributed by atoms with Gasteiger partial charge in [-0.05, 0) is 56.3 Å². The first-order chi connectivity index (χ1) is 13.5. The Morgan fingerprint density at radius 1 is 0.821 bits per heavy atom. The molecule has 0 amide bonds. The molecular weight excluding hydrogens is 360 g/mol. The quantitative estimate of drug-likeness (QED) is 0.571. The minimum Gasteiger partial charge on any atom is -0.394 e. The number of unbranched alkanes of at least 4 members (excludes halogenated alkanes) is 1. The standard InChI is InChI=1S/C22H38O6/c1-13-10-15(11-13)5-3-2-4-14-6-8-16(9-7-14)22-27-19-18(24)17(12-23)26-21(25)20(19)28-22/h13-25H,2-12H2,1H3. The normalized spacial score (nSPS) is 48.9. The van der Waals surface area contributed by atoms with Gasteiger partial charge in [-0.25, -0.2) is 0 Å². The largest absolute Gasteiger partial charge is 0.394 e. The van der Waals surface area contributed by atoms with Gasteiger partial charge in [0, 0.05) is 5.92 Å². The third kappa shape index (κ3) is 4.57. The number of aliphatic hydroxyl groups excluding tert-OH is 3. The van der Waals surface area contributed by atoms with Crippen LogP contribution in [0.15, 0.2) is 0 Å². The number of hydrogen-bond acceptors (Lipinski definition) is 6. The van der Waals surface area contributed by atoms with Crippen LogP contribution in [0.25, 0.3) is 0 Å². The summed E-state index contributed by atoms with van der Waals surface area (Å²) in [7, 11) is 0. The van der Waals surface area contributed by atoms with Crippen LogP contribution >= 0.6 is 0 Å².